The highest BCUT2D eigenvalue weighted by atomic mass is 32.2. The Morgan fingerprint density at radius 3 is 2.38 bits per heavy atom. The van der Waals surface area contributed by atoms with Crippen LogP contribution in [0.25, 0.3) is 0 Å². The van der Waals surface area contributed by atoms with Gasteiger partial charge in [-0.1, -0.05) is 13.0 Å². The van der Waals surface area contributed by atoms with Crippen LogP contribution in [0.5, 0.6) is 0 Å². The van der Waals surface area contributed by atoms with E-state index in [-0.39, 0.29) is 30.0 Å². The van der Waals surface area contributed by atoms with Crippen molar-refractivity contribution in [3.63, 3.8) is 0 Å². The average Bonchev–Trinajstić information content (AvgIpc) is 3.26. The van der Waals surface area contributed by atoms with Gasteiger partial charge in [-0.2, -0.15) is 0 Å². The number of hydrogen-bond acceptors (Lipinski definition) is 4. The van der Waals surface area contributed by atoms with E-state index in [2.05, 4.69) is 19.1 Å². The first-order valence-corrected chi connectivity index (χ1v) is 13.5. The number of allylic oxidation sites excluding steroid dienone is 2. The molecular formula is C26H39NO4S. The number of amides is 1. The zero-order valence-corrected chi connectivity index (χ0v) is 20.4. The lowest BCUT2D eigenvalue weighted by atomic mass is 9.81. The molecule has 0 radical (unpaired) electrons. The molecule has 2 saturated carbocycles. The van der Waals surface area contributed by atoms with Crippen molar-refractivity contribution >= 4 is 23.6 Å². The number of carboxylic acids is 1. The summed E-state index contributed by atoms with van der Waals surface area (Å²) in [5.74, 6) is 0.119. The Balaban J connectivity index is 1.62. The average molecular weight is 462 g/mol. The quantitative estimate of drug-likeness (QED) is 0.562. The number of carbonyl (C=O) groups is 2. The van der Waals surface area contributed by atoms with Gasteiger partial charge in [0, 0.05) is 24.0 Å². The van der Waals surface area contributed by atoms with Crippen LogP contribution in [0.4, 0.5) is 0 Å². The number of ether oxygens (including phenoxy) is 1. The summed E-state index contributed by atoms with van der Waals surface area (Å²) in [4.78, 5) is 29.4. The van der Waals surface area contributed by atoms with Gasteiger partial charge in [0.25, 0.3) is 0 Å². The van der Waals surface area contributed by atoms with Gasteiger partial charge in [0.15, 0.2) is 0 Å². The van der Waals surface area contributed by atoms with E-state index in [1.54, 1.807) is 7.11 Å². The monoisotopic (exact) mass is 461 g/mol. The molecule has 0 aromatic rings. The molecule has 1 aliphatic heterocycles. The van der Waals surface area contributed by atoms with E-state index in [9.17, 15) is 14.7 Å². The summed E-state index contributed by atoms with van der Waals surface area (Å²) < 4.78 is 5.57. The minimum atomic E-state index is -0.802. The van der Waals surface area contributed by atoms with E-state index in [1.807, 2.05) is 4.90 Å². The molecule has 0 spiro atoms. The largest absolute Gasteiger partial charge is 0.480 e. The Labute approximate surface area is 197 Å². The van der Waals surface area contributed by atoms with Crippen LogP contribution >= 0.6 is 11.8 Å². The van der Waals surface area contributed by atoms with E-state index in [1.165, 1.54) is 23.8 Å². The molecule has 4 rings (SSSR count). The lowest BCUT2D eigenvalue weighted by molar-refractivity contribution is -0.145. The molecule has 6 heteroatoms. The van der Waals surface area contributed by atoms with Crippen molar-refractivity contribution in [2.75, 3.05) is 7.11 Å². The van der Waals surface area contributed by atoms with Crippen LogP contribution in [0.3, 0.4) is 0 Å². The molecule has 178 valence electrons. The Kier molecular flexibility index (Phi) is 8.04. The summed E-state index contributed by atoms with van der Waals surface area (Å²) in [6, 6.07) is -0.247. The molecule has 1 heterocycles. The molecule has 1 N–H and O–H groups in total. The minimum Gasteiger partial charge on any atom is -0.480 e. The van der Waals surface area contributed by atoms with Crippen molar-refractivity contribution in [3.05, 3.63) is 22.6 Å². The van der Waals surface area contributed by atoms with Gasteiger partial charge in [-0.15, -0.1) is 11.8 Å². The van der Waals surface area contributed by atoms with Crippen LogP contribution in [-0.4, -0.2) is 52.4 Å². The van der Waals surface area contributed by atoms with Gasteiger partial charge in [-0.3, -0.25) is 9.59 Å². The van der Waals surface area contributed by atoms with Crippen LogP contribution in [-0.2, 0) is 14.3 Å². The highest BCUT2D eigenvalue weighted by Gasteiger charge is 2.45. The number of nitrogens with zero attached hydrogens (tertiary/aromatic N) is 1. The Morgan fingerprint density at radius 2 is 1.78 bits per heavy atom. The summed E-state index contributed by atoms with van der Waals surface area (Å²) in [5, 5.41) is 9.51. The molecule has 32 heavy (non-hydrogen) atoms. The molecule has 4 aliphatic rings. The summed E-state index contributed by atoms with van der Waals surface area (Å²) in [5.41, 5.74) is 1.29. The topological polar surface area (TPSA) is 66.8 Å². The van der Waals surface area contributed by atoms with Crippen LogP contribution in [0, 0.1) is 11.8 Å². The van der Waals surface area contributed by atoms with Crippen molar-refractivity contribution in [1.82, 2.24) is 4.90 Å². The molecular weight excluding hydrogens is 422 g/mol. The van der Waals surface area contributed by atoms with E-state index < -0.39 is 11.2 Å². The second-order valence-corrected chi connectivity index (χ2v) is 11.4. The molecule has 5 nitrogen and oxygen atoms in total. The zero-order valence-electron chi connectivity index (χ0n) is 19.6. The SMILES string of the molecule is COC1CCC(N(C(=O)C2CCC(C)CC2)C2C=C(C3=CCCCC3)SC2C(=O)O)CC1. The van der Waals surface area contributed by atoms with Crippen molar-refractivity contribution in [1.29, 1.82) is 0 Å². The fourth-order valence-corrected chi connectivity index (χ4v) is 7.28. The number of carboxylic acid groups (broad SMARTS) is 1. The van der Waals surface area contributed by atoms with E-state index in [0.29, 0.717) is 5.92 Å². The highest BCUT2D eigenvalue weighted by Crippen LogP contribution is 2.44. The van der Waals surface area contributed by atoms with Crippen molar-refractivity contribution in [3.8, 4) is 0 Å². The maximum absolute atomic E-state index is 13.9. The molecule has 1 amide bonds. The molecule has 2 fully saturated rings. The summed E-state index contributed by atoms with van der Waals surface area (Å²) in [6.07, 6.45) is 16.8. The van der Waals surface area contributed by atoms with Crippen molar-refractivity contribution in [2.45, 2.75) is 107 Å². The Hall–Kier alpha value is -1.27. The standard InChI is InChI=1S/C26H39NO4S/c1-17-8-10-19(11-9-17)25(28)27(20-12-14-21(31-2)15-13-20)22-16-23(32-24(22)26(29)30)18-6-4-3-5-7-18/h6,16-17,19-22,24H,3-5,7-15H2,1-2H3,(H,29,30). The maximum Gasteiger partial charge on any atom is 0.319 e. The van der Waals surface area contributed by atoms with Gasteiger partial charge in [0.1, 0.15) is 5.25 Å². The van der Waals surface area contributed by atoms with Gasteiger partial charge in [-0.25, -0.2) is 0 Å². The third-order valence-electron chi connectivity index (χ3n) is 8.05. The van der Waals surface area contributed by atoms with Crippen molar-refractivity contribution in [2.24, 2.45) is 11.8 Å². The van der Waals surface area contributed by atoms with E-state index in [0.717, 1.165) is 75.5 Å². The fourth-order valence-electron chi connectivity index (χ4n) is 6.00. The van der Waals surface area contributed by atoms with Gasteiger partial charge < -0.3 is 14.7 Å². The zero-order chi connectivity index (χ0) is 22.7. The second kappa shape index (κ2) is 10.8. The first kappa shape index (κ1) is 23.9. The molecule has 2 atom stereocenters. The Morgan fingerprint density at radius 1 is 1.06 bits per heavy atom. The lowest BCUT2D eigenvalue weighted by Crippen LogP contribution is -2.54. The smallest absolute Gasteiger partial charge is 0.319 e. The molecule has 0 aromatic heterocycles. The van der Waals surface area contributed by atoms with Gasteiger partial charge in [0.05, 0.1) is 12.1 Å². The maximum atomic E-state index is 13.9. The van der Waals surface area contributed by atoms with E-state index >= 15 is 0 Å². The van der Waals surface area contributed by atoms with E-state index in [4.69, 9.17) is 4.74 Å². The normalized spacial score (nSPS) is 35.7. The van der Waals surface area contributed by atoms with Crippen LogP contribution in [0.2, 0.25) is 0 Å². The second-order valence-electron chi connectivity index (χ2n) is 10.2. The molecule has 0 aromatic carbocycles. The number of methoxy groups -OCH3 is 1. The van der Waals surface area contributed by atoms with Gasteiger partial charge in [-0.05, 0) is 94.6 Å². The minimum absolute atomic E-state index is 0.0390. The van der Waals surface area contributed by atoms with Gasteiger partial charge in [0.2, 0.25) is 5.91 Å². The molecule has 3 aliphatic carbocycles. The molecule has 2 unspecified atom stereocenters. The summed E-state index contributed by atoms with van der Waals surface area (Å²) in [7, 11) is 1.76. The molecule has 0 saturated heterocycles. The predicted molar refractivity (Wildman–Crippen MR) is 128 cm³/mol. The van der Waals surface area contributed by atoms with Crippen LogP contribution in [0.15, 0.2) is 22.6 Å². The van der Waals surface area contributed by atoms with Gasteiger partial charge >= 0.3 is 5.97 Å². The first-order chi connectivity index (χ1) is 15.5. The predicted octanol–water partition coefficient (Wildman–Crippen LogP) is 5.55. The third kappa shape index (κ3) is 5.27. The number of thioether (sulfide) groups is 1. The fraction of sp³-hybridized carbons (Fsp3) is 0.769. The highest BCUT2D eigenvalue weighted by molar-refractivity contribution is 8.04. The van der Waals surface area contributed by atoms with Crippen LogP contribution in [0.1, 0.15) is 84.0 Å². The summed E-state index contributed by atoms with van der Waals surface area (Å²) in [6.45, 7) is 2.27. The van der Waals surface area contributed by atoms with Crippen LogP contribution < -0.4 is 0 Å². The Bertz CT molecular complexity index is 747. The lowest BCUT2D eigenvalue weighted by Gasteiger charge is -2.43. The van der Waals surface area contributed by atoms with Crippen molar-refractivity contribution < 1.29 is 19.4 Å². The number of rotatable bonds is 6. The summed E-state index contributed by atoms with van der Waals surface area (Å²) >= 11 is 1.47. The first-order valence-electron chi connectivity index (χ1n) is 12.6. The molecule has 0 bridgehead atoms. The third-order valence-corrected chi connectivity index (χ3v) is 9.43. The number of aliphatic carboxylic acids is 1. The number of hydrogen-bond donors (Lipinski definition) is 1. The number of carbonyl (C=O) groups excluding carboxylic acids is 1.